The van der Waals surface area contributed by atoms with Gasteiger partial charge in [-0.15, -0.1) is 0 Å². The zero-order valence-corrected chi connectivity index (χ0v) is 8.56. The number of carboxylic acids is 2. The monoisotopic (exact) mass is 214 g/mol. The first kappa shape index (κ1) is 13.4. The Labute approximate surface area is 88.5 Å². The van der Waals surface area contributed by atoms with Gasteiger partial charge in [-0.3, -0.25) is 4.48 Å². The highest BCUT2D eigenvalue weighted by atomic mass is 16.4. The lowest BCUT2D eigenvalue weighted by Gasteiger charge is -2.33. The van der Waals surface area contributed by atoms with Crippen molar-refractivity contribution in [2.75, 3.05) is 26.2 Å². The van der Waals surface area contributed by atoms with Gasteiger partial charge in [0.1, 0.15) is 0 Å². The number of nitrogens with zero attached hydrogens (tertiary/aromatic N) is 1. The van der Waals surface area contributed by atoms with E-state index in [1.807, 2.05) is 0 Å². The fourth-order valence-electron chi connectivity index (χ4n) is 1.51. The maximum Gasteiger partial charge on any atom is 0.359 e. The SMILES string of the molecule is C=CC[N+](CC=C)(CC(=O)O)CC(=O)O. The maximum atomic E-state index is 10.7. The third kappa shape index (κ3) is 4.97. The van der Waals surface area contributed by atoms with Gasteiger partial charge >= 0.3 is 11.9 Å². The highest BCUT2D eigenvalue weighted by molar-refractivity contribution is 5.70. The molecule has 15 heavy (non-hydrogen) atoms. The molecule has 0 spiro atoms. The lowest BCUT2D eigenvalue weighted by Crippen LogP contribution is -2.54. The summed E-state index contributed by atoms with van der Waals surface area (Å²) in [6, 6.07) is 0. The summed E-state index contributed by atoms with van der Waals surface area (Å²) in [4.78, 5) is 21.3. The largest absolute Gasteiger partial charge is 0.477 e. The van der Waals surface area contributed by atoms with E-state index in [0.29, 0.717) is 13.1 Å². The standard InChI is InChI=1S/C10H15NO4/c1-3-5-11(6-4-2,7-9(12)13)8-10(14)15/h3-4H,1-2,5-8H2,(H-,12,13,14,15)/p+1. The van der Waals surface area contributed by atoms with Gasteiger partial charge in [-0.05, 0) is 12.2 Å². The lowest BCUT2D eigenvalue weighted by molar-refractivity contribution is -0.903. The molecule has 0 aliphatic heterocycles. The molecular weight excluding hydrogens is 198 g/mol. The molecule has 0 saturated carbocycles. The molecule has 84 valence electrons. The van der Waals surface area contributed by atoms with E-state index in [1.165, 1.54) is 12.2 Å². The van der Waals surface area contributed by atoms with E-state index >= 15 is 0 Å². The number of aliphatic carboxylic acids is 2. The van der Waals surface area contributed by atoms with E-state index in [4.69, 9.17) is 10.2 Å². The molecule has 0 rings (SSSR count). The van der Waals surface area contributed by atoms with E-state index in [2.05, 4.69) is 13.2 Å². The second-order valence-electron chi connectivity index (χ2n) is 3.39. The molecule has 0 fully saturated rings. The van der Waals surface area contributed by atoms with Gasteiger partial charge in [0.25, 0.3) is 0 Å². The minimum atomic E-state index is -1.03. The Balaban J connectivity index is 4.84. The van der Waals surface area contributed by atoms with Crippen LogP contribution in [0.4, 0.5) is 0 Å². The van der Waals surface area contributed by atoms with Crippen LogP contribution in [0.1, 0.15) is 0 Å². The fraction of sp³-hybridized carbons (Fsp3) is 0.400. The summed E-state index contributed by atoms with van der Waals surface area (Å²) in [5, 5.41) is 17.5. The molecule has 0 aliphatic carbocycles. The first-order valence-corrected chi connectivity index (χ1v) is 4.46. The predicted molar refractivity (Wildman–Crippen MR) is 55.4 cm³/mol. The number of hydrogen-bond acceptors (Lipinski definition) is 2. The molecule has 0 atom stereocenters. The summed E-state index contributed by atoms with van der Waals surface area (Å²) in [6.07, 6.45) is 3.05. The van der Waals surface area contributed by atoms with Crippen LogP contribution in [0.2, 0.25) is 0 Å². The fourth-order valence-corrected chi connectivity index (χ4v) is 1.51. The van der Waals surface area contributed by atoms with E-state index in [0.717, 1.165) is 0 Å². The molecule has 0 aliphatic rings. The number of quaternary nitrogens is 1. The summed E-state index contributed by atoms with van der Waals surface area (Å²) >= 11 is 0. The highest BCUT2D eigenvalue weighted by Crippen LogP contribution is 2.07. The Morgan fingerprint density at radius 3 is 1.53 bits per heavy atom. The van der Waals surface area contributed by atoms with Crippen LogP contribution in [-0.2, 0) is 9.59 Å². The van der Waals surface area contributed by atoms with Crippen molar-refractivity contribution in [3.63, 3.8) is 0 Å². The second-order valence-corrected chi connectivity index (χ2v) is 3.39. The van der Waals surface area contributed by atoms with Gasteiger partial charge in [0.2, 0.25) is 0 Å². The normalized spacial score (nSPS) is 10.7. The lowest BCUT2D eigenvalue weighted by atomic mass is 10.3. The zero-order valence-electron chi connectivity index (χ0n) is 8.56. The Kier molecular flexibility index (Phi) is 5.33. The van der Waals surface area contributed by atoms with Crippen molar-refractivity contribution in [2.24, 2.45) is 0 Å². The van der Waals surface area contributed by atoms with Crippen LogP contribution in [0, 0.1) is 0 Å². The molecule has 0 amide bonds. The van der Waals surface area contributed by atoms with Gasteiger partial charge in [0, 0.05) is 0 Å². The summed E-state index contributed by atoms with van der Waals surface area (Å²) in [5.41, 5.74) is 0. The van der Waals surface area contributed by atoms with Crippen LogP contribution in [0.3, 0.4) is 0 Å². The third-order valence-corrected chi connectivity index (χ3v) is 1.97. The smallest absolute Gasteiger partial charge is 0.359 e. The first-order valence-electron chi connectivity index (χ1n) is 4.46. The van der Waals surface area contributed by atoms with E-state index < -0.39 is 11.9 Å². The van der Waals surface area contributed by atoms with Crippen LogP contribution in [0.25, 0.3) is 0 Å². The van der Waals surface area contributed by atoms with Crippen LogP contribution >= 0.6 is 0 Å². The second kappa shape index (κ2) is 5.98. The third-order valence-electron chi connectivity index (χ3n) is 1.97. The van der Waals surface area contributed by atoms with Crippen LogP contribution in [-0.4, -0.2) is 52.8 Å². The number of rotatable bonds is 8. The molecule has 5 nitrogen and oxygen atoms in total. The molecule has 0 aromatic rings. The van der Waals surface area contributed by atoms with Crippen molar-refractivity contribution in [3.05, 3.63) is 25.3 Å². The Bertz CT molecular complexity index is 245. The summed E-state index contributed by atoms with van der Waals surface area (Å²) in [6.45, 7) is 7.11. The van der Waals surface area contributed by atoms with Crippen LogP contribution in [0.15, 0.2) is 25.3 Å². The molecule has 0 aromatic carbocycles. The van der Waals surface area contributed by atoms with Crippen molar-refractivity contribution >= 4 is 11.9 Å². The molecule has 2 N–H and O–H groups in total. The van der Waals surface area contributed by atoms with Gasteiger partial charge in [-0.2, -0.15) is 0 Å². The summed E-state index contributed by atoms with van der Waals surface area (Å²) < 4.78 is -0.0856. The van der Waals surface area contributed by atoms with Crippen molar-refractivity contribution < 1.29 is 24.3 Å². The minimum Gasteiger partial charge on any atom is -0.477 e. The molecule has 0 heterocycles. The van der Waals surface area contributed by atoms with Gasteiger partial charge in [-0.25, -0.2) is 9.59 Å². The average molecular weight is 214 g/mol. The van der Waals surface area contributed by atoms with E-state index in [-0.39, 0.29) is 17.6 Å². The molecular formula is C10H16NO4+. The van der Waals surface area contributed by atoms with Crippen molar-refractivity contribution in [2.45, 2.75) is 0 Å². The molecule has 0 unspecified atom stereocenters. The molecule has 5 heteroatoms. The zero-order chi connectivity index (χ0) is 11.9. The first-order chi connectivity index (χ1) is 6.95. The van der Waals surface area contributed by atoms with Crippen molar-refractivity contribution in [3.8, 4) is 0 Å². The predicted octanol–water partition coefficient (Wildman–Crippen LogP) is 0.344. The summed E-state index contributed by atoms with van der Waals surface area (Å²) in [5.74, 6) is -2.06. The average Bonchev–Trinajstić information content (AvgIpc) is 2.01. The van der Waals surface area contributed by atoms with Crippen molar-refractivity contribution in [1.82, 2.24) is 0 Å². The van der Waals surface area contributed by atoms with Gasteiger partial charge in [0.05, 0.1) is 13.1 Å². The number of carbonyl (C=O) groups is 2. The minimum absolute atomic E-state index is 0.0856. The van der Waals surface area contributed by atoms with Gasteiger partial charge in [0.15, 0.2) is 13.1 Å². The Morgan fingerprint density at radius 2 is 1.33 bits per heavy atom. The highest BCUT2D eigenvalue weighted by Gasteiger charge is 2.30. The summed E-state index contributed by atoms with van der Waals surface area (Å²) in [7, 11) is 0. The number of hydrogen-bond donors (Lipinski definition) is 2. The van der Waals surface area contributed by atoms with Crippen LogP contribution < -0.4 is 0 Å². The molecule has 0 radical (unpaired) electrons. The molecule has 0 bridgehead atoms. The maximum absolute atomic E-state index is 10.7. The molecule has 0 saturated heterocycles. The van der Waals surface area contributed by atoms with E-state index in [1.54, 1.807) is 0 Å². The quantitative estimate of drug-likeness (QED) is 0.451. The number of carboxylic acid groups (broad SMARTS) is 2. The molecule has 0 aromatic heterocycles. The van der Waals surface area contributed by atoms with E-state index in [9.17, 15) is 9.59 Å². The van der Waals surface area contributed by atoms with Crippen molar-refractivity contribution in [1.29, 1.82) is 0 Å². The Morgan fingerprint density at radius 1 is 1.00 bits per heavy atom. The van der Waals surface area contributed by atoms with Gasteiger partial charge in [-0.1, -0.05) is 13.2 Å². The Hall–Kier alpha value is -1.62. The van der Waals surface area contributed by atoms with Crippen LogP contribution in [0.5, 0.6) is 0 Å². The van der Waals surface area contributed by atoms with Gasteiger partial charge < -0.3 is 10.2 Å². The topological polar surface area (TPSA) is 74.6 Å².